The van der Waals surface area contributed by atoms with Crippen LogP contribution in [0.15, 0.2) is 12.4 Å². The Labute approximate surface area is 140 Å². The third kappa shape index (κ3) is 5.22. The molecule has 0 aliphatic carbocycles. The quantitative estimate of drug-likeness (QED) is 0.758. The van der Waals surface area contributed by atoms with Crippen molar-refractivity contribution < 1.29 is 23.1 Å². The summed E-state index contributed by atoms with van der Waals surface area (Å²) in [4.78, 5) is 15.6. The van der Waals surface area contributed by atoms with E-state index in [0.29, 0.717) is 12.3 Å². The summed E-state index contributed by atoms with van der Waals surface area (Å²) >= 11 is 0. The van der Waals surface area contributed by atoms with E-state index >= 15 is 0 Å². The van der Waals surface area contributed by atoms with Gasteiger partial charge in [-0.1, -0.05) is 26.7 Å². The molecular weight excluding hydrogens is 323 g/mol. The van der Waals surface area contributed by atoms with Crippen molar-refractivity contribution in [2.24, 2.45) is 13.0 Å². The molecule has 2 unspecified atom stereocenters. The zero-order valence-corrected chi connectivity index (χ0v) is 14.5. The molecule has 8 heteroatoms. The summed E-state index contributed by atoms with van der Waals surface area (Å²) in [7, 11) is 1.34. The molecule has 1 aromatic rings. The van der Waals surface area contributed by atoms with Crippen molar-refractivity contribution in [3.8, 4) is 0 Å². The Morgan fingerprint density at radius 2 is 1.96 bits per heavy atom. The van der Waals surface area contributed by atoms with Crippen LogP contribution in [0.5, 0.6) is 0 Å². The molecule has 0 aromatic carbocycles. The molecule has 0 aliphatic heterocycles. The molecule has 2 N–H and O–H groups in total. The van der Waals surface area contributed by atoms with Crippen molar-refractivity contribution in [2.75, 3.05) is 0 Å². The topological polar surface area (TPSA) is 67.2 Å². The highest BCUT2D eigenvalue weighted by atomic mass is 19.4. The minimum Gasteiger partial charge on any atom is -0.374 e. The monoisotopic (exact) mass is 349 g/mol. The third-order valence-electron chi connectivity index (χ3n) is 3.90. The maximum atomic E-state index is 13.4. The van der Waals surface area contributed by atoms with Crippen LogP contribution in [0.4, 0.5) is 13.2 Å². The van der Waals surface area contributed by atoms with Gasteiger partial charge in [-0.25, -0.2) is 4.98 Å². The molecule has 0 bridgehead atoms. The number of alkyl halides is 3. The van der Waals surface area contributed by atoms with Crippen LogP contribution >= 0.6 is 0 Å². The van der Waals surface area contributed by atoms with E-state index < -0.39 is 29.9 Å². The maximum Gasteiger partial charge on any atom is 0.425 e. The van der Waals surface area contributed by atoms with Gasteiger partial charge in [-0.05, 0) is 19.3 Å². The number of hydrogen-bond donors (Lipinski definition) is 2. The van der Waals surface area contributed by atoms with Crippen LogP contribution in [0, 0.1) is 5.92 Å². The maximum absolute atomic E-state index is 13.4. The van der Waals surface area contributed by atoms with Gasteiger partial charge in [0.2, 0.25) is 11.5 Å². The van der Waals surface area contributed by atoms with Gasteiger partial charge < -0.3 is 15.0 Å². The number of amides is 1. The number of rotatable bonds is 8. The fourth-order valence-electron chi connectivity index (χ4n) is 2.53. The van der Waals surface area contributed by atoms with Gasteiger partial charge in [-0.15, -0.1) is 0 Å². The molecule has 1 amide bonds. The minimum absolute atomic E-state index is 0.255. The van der Waals surface area contributed by atoms with Crippen molar-refractivity contribution in [3.63, 3.8) is 0 Å². The molecule has 0 radical (unpaired) electrons. The van der Waals surface area contributed by atoms with Gasteiger partial charge in [-0.2, -0.15) is 13.2 Å². The molecule has 1 rings (SSSR count). The highest BCUT2D eigenvalue weighted by Gasteiger charge is 2.58. The van der Waals surface area contributed by atoms with E-state index in [1.165, 1.54) is 13.2 Å². The first-order valence-corrected chi connectivity index (χ1v) is 8.03. The van der Waals surface area contributed by atoms with Gasteiger partial charge >= 0.3 is 6.18 Å². The molecule has 0 saturated heterocycles. The van der Waals surface area contributed by atoms with Crippen molar-refractivity contribution in [2.45, 2.75) is 64.3 Å². The summed E-state index contributed by atoms with van der Waals surface area (Å²) in [5.74, 6) is -0.917. The normalized spacial score (nSPS) is 16.0. The van der Waals surface area contributed by atoms with E-state index in [9.17, 15) is 23.1 Å². The van der Waals surface area contributed by atoms with Crippen LogP contribution in [-0.2, 0) is 17.4 Å². The van der Waals surface area contributed by atoms with Crippen LogP contribution in [0.1, 0.15) is 52.3 Å². The lowest BCUT2D eigenvalue weighted by Crippen LogP contribution is -2.48. The van der Waals surface area contributed by atoms with Gasteiger partial charge in [0.15, 0.2) is 5.82 Å². The lowest BCUT2D eigenvalue weighted by atomic mass is 9.96. The summed E-state index contributed by atoms with van der Waals surface area (Å²) in [5, 5.41) is 12.7. The molecule has 1 heterocycles. The number of carbonyl (C=O) groups is 1. The van der Waals surface area contributed by atoms with Gasteiger partial charge in [0.25, 0.3) is 0 Å². The Morgan fingerprint density at radius 3 is 2.42 bits per heavy atom. The summed E-state index contributed by atoms with van der Waals surface area (Å²) < 4.78 is 41.1. The predicted octanol–water partition coefficient (Wildman–Crippen LogP) is 2.89. The number of aryl methyl sites for hydroxylation is 1. The molecule has 1 aromatic heterocycles. The second-order valence-corrected chi connectivity index (χ2v) is 6.69. The van der Waals surface area contributed by atoms with E-state index in [1.54, 1.807) is 6.92 Å². The number of nitrogens with one attached hydrogen (secondary N) is 1. The molecule has 0 aliphatic rings. The average molecular weight is 349 g/mol. The minimum atomic E-state index is -5.01. The number of aliphatic hydroxyl groups is 1. The Morgan fingerprint density at radius 1 is 1.33 bits per heavy atom. The van der Waals surface area contributed by atoms with Crippen LogP contribution in [-0.4, -0.2) is 32.8 Å². The number of nitrogens with zero attached hydrogens (tertiary/aromatic N) is 2. The van der Waals surface area contributed by atoms with Gasteiger partial charge in [0, 0.05) is 25.5 Å². The van der Waals surface area contributed by atoms with Gasteiger partial charge in [0.1, 0.15) is 0 Å². The van der Waals surface area contributed by atoms with Crippen molar-refractivity contribution in [1.82, 2.24) is 14.9 Å². The van der Waals surface area contributed by atoms with Crippen LogP contribution in [0.3, 0.4) is 0 Å². The molecule has 24 heavy (non-hydrogen) atoms. The zero-order valence-electron chi connectivity index (χ0n) is 14.5. The molecule has 5 nitrogen and oxygen atoms in total. The van der Waals surface area contributed by atoms with E-state index in [2.05, 4.69) is 24.1 Å². The SMILES string of the molecule is CC(C)CCCC(C)NC(=O)CC(O)(c1nccn1C)C(F)(F)F. The number of imidazole rings is 1. The summed E-state index contributed by atoms with van der Waals surface area (Å²) in [5.41, 5.74) is -3.31. The van der Waals surface area contributed by atoms with Crippen LogP contribution in [0.2, 0.25) is 0 Å². The Bertz CT molecular complexity index is 543. The van der Waals surface area contributed by atoms with Gasteiger partial charge in [0.05, 0.1) is 6.42 Å². The highest BCUT2D eigenvalue weighted by molar-refractivity contribution is 5.77. The number of carbonyl (C=O) groups excluding carboxylic acids is 1. The summed E-state index contributed by atoms with van der Waals surface area (Å²) in [6.45, 7) is 5.91. The van der Waals surface area contributed by atoms with E-state index in [-0.39, 0.29) is 6.04 Å². The Hall–Kier alpha value is -1.57. The molecular formula is C16H26F3N3O2. The standard InChI is InChI=1S/C16H26F3N3O2/c1-11(2)6-5-7-12(3)21-13(23)10-15(24,16(17,18)19)14-20-8-9-22(14)4/h8-9,11-12,24H,5-7,10H2,1-4H3,(H,21,23). The first kappa shape index (κ1) is 20.5. The first-order valence-electron chi connectivity index (χ1n) is 8.03. The fraction of sp³-hybridized carbons (Fsp3) is 0.750. The third-order valence-corrected chi connectivity index (χ3v) is 3.90. The van der Waals surface area contributed by atoms with Gasteiger partial charge in [-0.3, -0.25) is 4.79 Å². The number of halogens is 3. The zero-order chi connectivity index (χ0) is 18.5. The van der Waals surface area contributed by atoms with E-state index in [4.69, 9.17) is 0 Å². The number of aromatic nitrogens is 2. The largest absolute Gasteiger partial charge is 0.425 e. The molecule has 2 atom stereocenters. The molecule has 0 fully saturated rings. The second kappa shape index (κ2) is 8.00. The summed E-state index contributed by atoms with van der Waals surface area (Å²) in [6.07, 6.45) is -1.14. The van der Waals surface area contributed by atoms with Crippen LogP contribution in [0.25, 0.3) is 0 Å². The van der Waals surface area contributed by atoms with Crippen LogP contribution < -0.4 is 5.32 Å². The van der Waals surface area contributed by atoms with Crippen molar-refractivity contribution >= 4 is 5.91 Å². The second-order valence-electron chi connectivity index (χ2n) is 6.69. The van der Waals surface area contributed by atoms with Crippen molar-refractivity contribution in [1.29, 1.82) is 0 Å². The number of hydrogen-bond acceptors (Lipinski definition) is 3. The summed E-state index contributed by atoms with van der Waals surface area (Å²) in [6, 6.07) is -0.255. The Kier molecular flexibility index (Phi) is 6.83. The molecule has 0 saturated carbocycles. The molecule has 0 spiro atoms. The lowest BCUT2D eigenvalue weighted by Gasteiger charge is -2.29. The highest BCUT2D eigenvalue weighted by Crippen LogP contribution is 2.40. The first-order chi connectivity index (χ1) is 11.0. The average Bonchev–Trinajstić information content (AvgIpc) is 2.83. The molecule has 138 valence electrons. The predicted molar refractivity (Wildman–Crippen MR) is 84.1 cm³/mol. The lowest BCUT2D eigenvalue weighted by molar-refractivity contribution is -0.271. The van der Waals surface area contributed by atoms with E-state index in [0.717, 1.165) is 23.6 Å². The smallest absolute Gasteiger partial charge is 0.374 e. The van der Waals surface area contributed by atoms with Crippen molar-refractivity contribution in [3.05, 3.63) is 18.2 Å². The Balaban J connectivity index is 2.75. The fourth-order valence-corrected chi connectivity index (χ4v) is 2.53. The van der Waals surface area contributed by atoms with E-state index in [1.807, 2.05) is 0 Å².